The van der Waals surface area contributed by atoms with Gasteiger partial charge in [-0.25, -0.2) is 4.39 Å². The van der Waals surface area contributed by atoms with E-state index in [-0.39, 0.29) is 23.4 Å². The maximum atomic E-state index is 13.2. The van der Waals surface area contributed by atoms with Crippen molar-refractivity contribution in [2.75, 3.05) is 18.5 Å². The van der Waals surface area contributed by atoms with Gasteiger partial charge < -0.3 is 10.6 Å². The van der Waals surface area contributed by atoms with Gasteiger partial charge in [-0.15, -0.1) is 0 Å². The fourth-order valence-electron chi connectivity index (χ4n) is 1.61. The number of nitrogen functional groups attached to an aromatic ring is 1. The molecule has 2 N–H and O–H groups in total. The second-order valence-electron chi connectivity index (χ2n) is 4.41. The molecule has 0 saturated heterocycles. The summed E-state index contributed by atoms with van der Waals surface area (Å²) < 4.78 is 25.1. The fraction of sp³-hybridized carbons (Fsp3) is 0.417. The lowest BCUT2D eigenvalue weighted by Gasteiger charge is -2.15. The molecule has 1 aliphatic rings. The molecule has 4 nitrogen and oxygen atoms in total. The van der Waals surface area contributed by atoms with Gasteiger partial charge in [0.25, 0.3) is 0 Å². The molecule has 0 aliphatic heterocycles. The van der Waals surface area contributed by atoms with E-state index >= 15 is 0 Å². The van der Waals surface area contributed by atoms with Crippen LogP contribution in [0.4, 0.5) is 10.1 Å². The molecule has 1 atom stereocenters. The highest BCUT2D eigenvalue weighted by atomic mass is 32.2. The number of amides is 1. The van der Waals surface area contributed by atoms with Gasteiger partial charge in [-0.2, -0.15) is 0 Å². The molecule has 0 spiro atoms. The smallest absolute Gasteiger partial charge is 0.235 e. The maximum absolute atomic E-state index is 13.2. The van der Waals surface area contributed by atoms with E-state index in [1.54, 1.807) is 11.9 Å². The normalized spacial score (nSPS) is 16.3. The molecular weight excluding hydrogens is 255 g/mol. The van der Waals surface area contributed by atoms with Gasteiger partial charge in [0.15, 0.2) is 0 Å². The van der Waals surface area contributed by atoms with E-state index < -0.39 is 16.6 Å². The van der Waals surface area contributed by atoms with Gasteiger partial charge in [0.05, 0.1) is 16.5 Å². The Bertz CT molecular complexity index is 503. The highest BCUT2D eigenvalue weighted by Crippen LogP contribution is 2.25. The van der Waals surface area contributed by atoms with Gasteiger partial charge in [0, 0.05) is 18.0 Å². The van der Waals surface area contributed by atoms with Crippen LogP contribution in [0.15, 0.2) is 23.1 Å². The molecule has 0 aromatic heterocycles. The second-order valence-corrected chi connectivity index (χ2v) is 5.86. The van der Waals surface area contributed by atoms with E-state index in [1.807, 2.05) is 0 Å². The lowest BCUT2D eigenvalue weighted by atomic mass is 10.3. The highest BCUT2D eigenvalue weighted by molar-refractivity contribution is 7.85. The number of rotatable bonds is 4. The van der Waals surface area contributed by atoms with E-state index in [0.717, 1.165) is 18.9 Å². The van der Waals surface area contributed by atoms with Gasteiger partial charge >= 0.3 is 0 Å². The zero-order valence-electron chi connectivity index (χ0n) is 10.1. The zero-order valence-corrected chi connectivity index (χ0v) is 10.9. The first-order valence-corrected chi connectivity index (χ1v) is 7.00. The Morgan fingerprint density at radius 3 is 2.78 bits per heavy atom. The van der Waals surface area contributed by atoms with E-state index in [1.165, 1.54) is 12.1 Å². The molecule has 18 heavy (non-hydrogen) atoms. The van der Waals surface area contributed by atoms with Crippen molar-refractivity contribution in [1.82, 2.24) is 4.90 Å². The Morgan fingerprint density at radius 2 is 2.22 bits per heavy atom. The molecule has 1 aromatic carbocycles. The van der Waals surface area contributed by atoms with Crippen LogP contribution in [-0.4, -0.2) is 33.9 Å². The van der Waals surface area contributed by atoms with Crippen LogP contribution in [0.2, 0.25) is 0 Å². The van der Waals surface area contributed by atoms with Crippen molar-refractivity contribution >= 4 is 22.4 Å². The maximum Gasteiger partial charge on any atom is 0.235 e. The first kappa shape index (κ1) is 13.0. The van der Waals surface area contributed by atoms with Crippen LogP contribution in [-0.2, 0) is 15.6 Å². The number of benzene rings is 1. The molecule has 0 bridgehead atoms. The molecule has 1 saturated carbocycles. The van der Waals surface area contributed by atoms with Crippen molar-refractivity contribution in [1.29, 1.82) is 0 Å². The van der Waals surface area contributed by atoms with Crippen LogP contribution in [0.3, 0.4) is 0 Å². The SMILES string of the molecule is CN(C(=O)CS(=O)c1ccc(N)c(F)c1)C1CC1. The van der Waals surface area contributed by atoms with Crippen LogP contribution in [0, 0.1) is 5.82 Å². The zero-order chi connectivity index (χ0) is 13.3. The summed E-state index contributed by atoms with van der Waals surface area (Å²) in [5, 5.41) is 0. The van der Waals surface area contributed by atoms with E-state index in [4.69, 9.17) is 5.73 Å². The third-order valence-electron chi connectivity index (χ3n) is 2.98. The van der Waals surface area contributed by atoms with Crippen molar-refractivity contribution in [3.8, 4) is 0 Å². The molecule has 98 valence electrons. The Kier molecular flexibility index (Phi) is 3.65. The molecule has 1 aromatic rings. The van der Waals surface area contributed by atoms with Crippen LogP contribution in [0.1, 0.15) is 12.8 Å². The summed E-state index contributed by atoms with van der Waals surface area (Å²) in [6.07, 6.45) is 2.01. The van der Waals surface area contributed by atoms with E-state index in [0.29, 0.717) is 4.90 Å². The lowest BCUT2D eigenvalue weighted by Crippen LogP contribution is -2.32. The molecule has 0 radical (unpaired) electrons. The molecular formula is C12H15FN2O2S. The third-order valence-corrected chi connectivity index (χ3v) is 4.27. The minimum Gasteiger partial charge on any atom is -0.396 e. The van der Waals surface area contributed by atoms with Crippen LogP contribution < -0.4 is 5.73 Å². The number of halogens is 1. The van der Waals surface area contributed by atoms with Crippen molar-refractivity contribution in [3.63, 3.8) is 0 Å². The Hall–Kier alpha value is -1.43. The first-order chi connectivity index (χ1) is 8.49. The topological polar surface area (TPSA) is 63.4 Å². The molecule has 2 rings (SSSR count). The summed E-state index contributed by atoms with van der Waals surface area (Å²) >= 11 is 0. The summed E-state index contributed by atoms with van der Waals surface area (Å²) in [6.45, 7) is 0. The Morgan fingerprint density at radius 1 is 1.56 bits per heavy atom. The Labute approximate surface area is 107 Å². The van der Waals surface area contributed by atoms with E-state index in [2.05, 4.69) is 0 Å². The number of hydrogen-bond acceptors (Lipinski definition) is 3. The van der Waals surface area contributed by atoms with Gasteiger partial charge in [0.2, 0.25) is 5.91 Å². The molecule has 1 fully saturated rings. The van der Waals surface area contributed by atoms with Crippen LogP contribution in [0.25, 0.3) is 0 Å². The minimum atomic E-state index is -1.53. The third kappa shape index (κ3) is 2.87. The van der Waals surface area contributed by atoms with Crippen molar-refractivity contribution in [3.05, 3.63) is 24.0 Å². The van der Waals surface area contributed by atoms with Gasteiger partial charge in [0.1, 0.15) is 11.6 Å². The van der Waals surface area contributed by atoms with Crippen molar-refractivity contribution in [2.24, 2.45) is 0 Å². The van der Waals surface area contributed by atoms with Crippen LogP contribution in [0.5, 0.6) is 0 Å². The van der Waals surface area contributed by atoms with Gasteiger partial charge in [-0.3, -0.25) is 9.00 Å². The quantitative estimate of drug-likeness (QED) is 0.834. The lowest BCUT2D eigenvalue weighted by molar-refractivity contribution is -0.127. The molecule has 0 heterocycles. The number of anilines is 1. The standard InChI is InChI=1S/C12H15FN2O2S/c1-15(8-2-3-8)12(16)7-18(17)9-4-5-11(14)10(13)6-9/h4-6,8H,2-3,7,14H2,1H3. The minimum absolute atomic E-state index is 0.0113. The Balaban J connectivity index is 2.02. The van der Waals surface area contributed by atoms with Crippen LogP contribution >= 0.6 is 0 Å². The fourth-order valence-corrected chi connectivity index (χ4v) is 2.66. The van der Waals surface area contributed by atoms with Crippen molar-refractivity contribution < 1.29 is 13.4 Å². The van der Waals surface area contributed by atoms with Crippen molar-refractivity contribution in [2.45, 2.75) is 23.8 Å². The summed E-state index contributed by atoms with van der Waals surface area (Å²) in [4.78, 5) is 13.7. The molecule has 1 aliphatic carbocycles. The summed E-state index contributed by atoms with van der Waals surface area (Å²) in [5.74, 6) is -0.895. The number of carbonyl (C=O) groups is 1. The summed E-state index contributed by atoms with van der Waals surface area (Å²) in [7, 11) is 0.181. The van der Waals surface area contributed by atoms with Gasteiger partial charge in [-0.1, -0.05) is 0 Å². The second kappa shape index (κ2) is 5.06. The average molecular weight is 270 g/mol. The number of nitrogens with zero attached hydrogens (tertiary/aromatic N) is 1. The predicted octanol–water partition coefficient (Wildman–Crippen LogP) is 1.14. The summed E-state index contributed by atoms with van der Waals surface area (Å²) in [5.41, 5.74) is 5.35. The molecule has 6 heteroatoms. The predicted molar refractivity (Wildman–Crippen MR) is 67.9 cm³/mol. The monoisotopic (exact) mass is 270 g/mol. The molecule has 1 unspecified atom stereocenters. The summed E-state index contributed by atoms with van der Waals surface area (Å²) in [6, 6.07) is 4.25. The number of carbonyl (C=O) groups excluding carboxylic acids is 1. The average Bonchev–Trinajstić information content (AvgIpc) is 3.15. The van der Waals surface area contributed by atoms with Gasteiger partial charge in [-0.05, 0) is 31.0 Å². The highest BCUT2D eigenvalue weighted by Gasteiger charge is 2.30. The van der Waals surface area contributed by atoms with E-state index in [9.17, 15) is 13.4 Å². The number of hydrogen-bond donors (Lipinski definition) is 1. The largest absolute Gasteiger partial charge is 0.396 e. The number of nitrogens with two attached hydrogens (primary N) is 1. The molecule has 1 amide bonds. The first-order valence-electron chi connectivity index (χ1n) is 5.68.